The summed E-state index contributed by atoms with van der Waals surface area (Å²) in [7, 11) is -2.07. The molecule has 0 aliphatic carbocycles. The van der Waals surface area contributed by atoms with Crippen molar-refractivity contribution in [2.75, 3.05) is 6.61 Å². The van der Waals surface area contributed by atoms with Crippen molar-refractivity contribution in [3.05, 3.63) is 70.8 Å². The second kappa shape index (κ2) is 10.7. The highest BCUT2D eigenvalue weighted by atomic mass is 28.4. The summed E-state index contributed by atoms with van der Waals surface area (Å²) >= 11 is 0. The lowest BCUT2D eigenvalue weighted by Crippen LogP contribution is -2.60. The lowest BCUT2D eigenvalue weighted by atomic mass is 10.0. The number of benzene rings is 2. The molecular formula is C27H40N2O4Si. The SMILES string of the molecule is Cc1cc(C)cc(C(=O)N(NC(=O)OCc2ccccc2)C(C)(C)CO[Si](C)(C)C(C)(C)C)c1. The fourth-order valence-electron chi connectivity index (χ4n) is 3.19. The van der Waals surface area contributed by atoms with Crippen LogP contribution in [0.1, 0.15) is 61.7 Å². The number of rotatable bonds is 7. The van der Waals surface area contributed by atoms with Crippen molar-refractivity contribution in [3.63, 3.8) is 0 Å². The van der Waals surface area contributed by atoms with E-state index in [4.69, 9.17) is 9.16 Å². The zero-order valence-corrected chi connectivity index (χ0v) is 23.1. The number of ether oxygens (including phenoxy) is 1. The summed E-state index contributed by atoms with van der Waals surface area (Å²) in [6.45, 7) is 18.9. The van der Waals surface area contributed by atoms with Crippen LogP contribution in [0.2, 0.25) is 18.1 Å². The first-order valence-corrected chi connectivity index (χ1v) is 14.6. The number of nitrogens with one attached hydrogen (secondary N) is 1. The molecule has 0 bridgehead atoms. The molecule has 0 aromatic heterocycles. The third-order valence-corrected chi connectivity index (χ3v) is 10.8. The highest BCUT2D eigenvalue weighted by molar-refractivity contribution is 6.74. The van der Waals surface area contributed by atoms with Gasteiger partial charge in [-0.05, 0) is 63.5 Å². The Morgan fingerprint density at radius 2 is 1.50 bits per heavy atom. The summed E-state index contributed by atoms with van der Waals surface area (Å²) in [6.07, 6.45) is -0.693. The van der Waals surface area contributed by atoms with Gasteiger partial charge in [0.1, 0.15) is 6.61 Å². The van der Waals surface area contributed by atoms with Gasteiger partial charge in [0.2, 0.25) is 0 Å². The minimum atomic E-state index is -2.07. The van der Waals surface area contributed by atoms with E-state index in [9.17, 15) is 9.59 Å². The highest BCUT2D eigenvalue weighted by Crippen LogP contribution is 2.37. The fraction of sp³-hybridized carbons (Fsp3) is 0.481. The van der Waals surface area contributed by atoms with E-state index < -0.39 is 19.9 Å². The van der Waals surface area contributed by atoms with E-state index in [0.717, 1.165) is 16.7 Å². The monoisotopic (exact) mass is 484 g/mol. The van der Waals surface area contributed by atoms with Gasteiger partial charge in [-0.25, -0.2) is 15.2 Å². The van der Waals surface area contributed by atoms with Crippen molar-refractivity contribution in [3.8, 4) is 0 Å². The van der Waals surface area contributed by atoms with E-state index in [1.807, 2.05) is 76.2 Å². The third kappa shape index (κ3) is 7.43. The van der Waals surface area contributed by atoms with Gasteiger partial charge in [-0.3, -0.25) is 4.79 Å². The molecule has 0 atom stereocenters. The third-order valence-electron chi connectivity index (χ3n) is 6.29. The Balaban J connectivity index is 2.28. The second-order valence-electron chi connectivity index (χ2n) is 11.1. The van der Waals surface area contributed by atoms with E-state index in [-0.39, 0.29) is 24.2 Å². The van der Waals surface area contributed by atoms with Crippen molar-refractivity contribution < 1.29 is 18.8 Å². The molecule has 2 aromatic rings. The van der Waals surface area contributed by atoms with Crippen molar-refractivity contribution in [2.24, 2.45) is 0 Å². The van der Waals surface area contributed by atoms with Crippen LogP contribution in [0.4, 0.5) is 4.79 Å². The highest BCUT2D eigenvalue weighted by Gasteiger charge is 2.41. The second-order valence-corrected chi connectivity index (χ2v) is 15.9. The number of amides is 2. The van der Waals surface area contributed by atoms with Crippen molar-refractivity contribution in [1.82, 2.24) is 10.4 Å². The number of carbonyl (C=O) groups excluding carboxylic acids is 2. The van der Waals surface area contributed by atoms with E-state index in [2.05, 4.69) is 39.3 Å². The zero-order chi connectivity index (χ0) is 25.7. The van der Waals surface area contributed by atoms with Gasteiger partial charge in [0.05, 0.1) is 12.1 Å². The van der Waals surface area contributed by atoms with Gasteiger partial charge in [0.25, 0.3) is 5.91 Å². The minimum absolute atomic E-state index is 0.0214. The number of carbonyl (C=O) groups is 2. The van der Waals surface area contributed by atoms with Crippen LogP contribution in [0.25, 0.3) is 0 Å². The molecule has 7 heteroatoms. The molecule has 1 N–H and O–H groups in total. The van der Waals surface area contributed by atoms with Crippen LogP contribution < -0.4 is 5.43 Å². The van der Waals surface area contributed by atoms with Crippen LogP contribution >= 0.6 is 0 Å². The summed E-state index contributed by atoms with van der Waals surface area (Å²) < 4.78 is 11.8. The summed E-state index contributed by atoms with van der Waals surface area (Å²) in [4.78, 5) is 26.4. The molecule has 0 heterocycles. The smallest absolute Gasteiger partial charge is 0.426 e. The Kier molecular flexibility index (Phi) is 8.72. The molecule has 34 heavy (non-hydrogen) atoms. The van der Waals surface area contributed by atoms with Crippen molar-refractivity contribution in [1.29, 1.82) is 0 Å². The quantitative estimate of drug-likeness (QED) is 0.365. The molecule has 0 fully saturated rings. The fourth-order valence-corrected chi connectivity index (χ4v) is 4.34. The maximum absolute atomic E-state index is 13.6. The Morgan fingerprint density at radius 1 is 0.941 bits per heavy atom. The summed E-state index contributed by atoms with van der Waals surface area (Å²) in [6, 6.07) is 15.1. The van der Waals surface area contributed by atoms with E-state index in [1.165, 1.54) is 5.01 Å². The summed E-state index contributed by atoms with van der Waals surface area (Å²) in [5.41, 5.74) is 5.20. The first-order valence-electron chi connectivity index (χ1n) is 11.7. The van der Waals surface area contributed by atoms with Gasteiger partial charge in [-0.1, -0.05) is 68.3 Å². The van der Waals surface area contributed by atoms with Crippen molar-refractivity contribution in [2.45, 2.75) is 78.7 Å². The Hall–Kier alpha value is -2.64. The van der Waals surface area contributed by atoms with Crippen LogP contribution in [0.5, 0.6) is 0 Å². The van der Waals surface area contributed by atoms with Crippen LogP contribution in [0, 0.1) is 13.8 Å². The number of nitrogens with zero attached hydrogens (tertiary/aromatic N) is 1. The average Bonchev–Trinajstić information content (AvgIpc) is 2.73. The predicted octanol–water partition coefficient (Wildman–Crippen LogP) is 6.39. The molecule has 0 spiro atoms. The van der Waals surface area contributed by atoms with Crippen LogP contribution in [-0.2, 0) is 15.8 Å². The molecule has 2 rings (SSSR count). The van der Waals surface area contributed by atoms with Crippen LogP contribution in [0.15, 0.2) is 48.5 Å². The summed E-state index contributed by atoms with van der Waals surface area (Å²) in [5, 5.41) is 1.37. The molecule has 0 unspecified atom stereocenters. The van der Waals surface area contributed by atoms with Gasteiger partial charge < -0.3 is 9.16 Å². The van der Waals surface area contributed by atoms with Crippen molar-refractivity contribution >= 4 is 20.3 Å². The Labute approximate surface area is 205 Å². The number of hydrazine groups is 1. The maximum atomic E-state index is 13.6. The zero-order valence-electron chi connectivity index (χ0n) is 22.1. The molecule has 0 aliphatic rings. The first kappa shape index (κ1) is 27.6. The lowest BCUT2D eigenvalue weighted by Gasteiger charge is -2.42. The molecular weight excluding hydrogens is 444 g/mol. The molecule has 186 valence electrons. The van der Waals surface area contributed by atoms with Gasteiger partial charge in [-0.15, -0.1) is 0 Å². The van der Waals surface area contributed by atoms with E-state index in [1.54, 1.807) is 0 Å². The largest absolute Gasteiger partial charge is 0.443 e. The lowest BCUT2D eigenvalue weighted by molar-refractivity contribution is 0.0131. The van der Waals surface area contributed by atoms with Gasteiger partial charge >= 0.3 is 6.09 Å². The Bertz CT molecular complexity index is 977. The average molecular weight is 485 g/mol. The molecule has 0 saturated carbocycles. The van der Waals surface area contributed by atoms with Crippen LogP contribution in [-0.4, -0.2) is 37.5 Å². The molecule has 2 amide bonds. The molecule has 6 nitrogen and oxygen atoms in total. The number of aryl methyl sites for hydroxylation is 2. The predicted molar refractivity (Wildman–Crippen MR) is 139 cm³/mol. The topological polar surface area (TPSA) is 67.9 Å². The molecule has 0 aliphatic heterocycles. The normalized spacial score (nSPS) is 12.3. The summed E-state index contributed by atoms with van der Waals surface area (Å²) in [5.74, 6) is -0.313. The van der Waals surface area contributed by atoms with E-state index in [0.29, 0.717) is 5.56 Å². The van der Waals surface area contributed by atoms with Crippen LogP contribution in [0.3, 0.4) is 0 Å². The standard InChI is InChI=1S/C27H40N2O4Si/c1-20-15-21(2)17-23(16-20)24(30)29(27(6,7)19-33-34(8,9)26(3,4)5)28-25(31)32-18-22-13-11-10-12-14-22/h10-17H,18-19H2,1-9H3,(H,28,31). The molecule has 0 radical (unpaired) electrons. The van der Waals surface area contributed by atoms with Gasteiger partial charge in [-0.2, -0.15) is 0 Å². The van der Waals surface area contributed by atoms with E-state index >= 15 is 0 Å². The number of hydrogen-bond acceptors (Lipinski definition) is 4. The molecule has 2 aromatic carbocycles. The Morgan fingerprint density at radius 3 is 2.03 bits per heavy atom. The van der Waals surface area contributed by atoms with Gasteiger partial charge in [0.15, 0.2) is 8.32 Å². The number of hydrogen-bond donors (Lipinski definition) is 1. The molecule has 0 saturated heterocycles. The van der Waals surface area contributed by atoms with Gasteiger partial charge in [0, 0.05) is 5.56 Å². The minimum Gasteiger partial charge on any atom is -0.443 e. The first-order chi connectivity index (χ1) is 15.6. The maximum Gasteiger partial charge on any atom is 0.426 e.